The molecule has 5 rings (SSSR count). The first-order valence-corrected chi connectivity index (χ1v) is 15.8. The molecule has 0 radical (unpaired) electrons. The Morgan fingerprint density at radius 2 is 1.69 bits per heavy atom. The van der Waals surface area contributed by atoms with Crippen molar-refractivity contribution in [1.82, 2.24) is 4.90 Å². The predicted molar refractivity (Wildman–Crippen MR) is 154 cm³/mol. The lowest BCUT2D eigenvalue weighted by Crippen LogP contribution is -2.48. The smallest absolute Gasteiger partial charge is 0.257 e. The maximum Gasteiger partial charge on any atom is 0.257 e. The Morgan fingerprint density at radius 1 is 1.05 bits per heavy atom. The highest BCUT2D eigenvalue weighted by Crippen LogP contribution is 2.52. The molecule has 1 heterocycles. The fourth-order valence-corrected chi connectivity index (χ4v) is 6.61. The molecule has 3 N–H and O–H groups in total. The number of amides is 1. The van der Waals surface area contributed by atoms with Crippen molar-refractivity contribution in [3.8, 4) is 0 Å². The number of hydrogen-bond acceptors (Lipinski definition) is 7. The van der Waals surface area contributed by atoms with Crippen molar-refractivity contribution in [3.63, 3.8) is 0 Å². The SMILES string of the molecule is C[C@@](O)(CO)c1cc(F)c2c(c1)C(=O)N(Cc1ccc(Cl)cc1S(C)(=O)=O)[C@@]2(OCC1(CO)CC1)c1ccc(Cl)cc1. The number of benzene rings is 3. The van der Waals surface area contributed by atoms with E-state index in [2.05, 4.69) is 0 Å². The number of halogens is 3. The normalized spacial score (nSPS) is 20.9. The standard InChI is InChI=1S/C30H30Cl2FNO7S/c1-28(38,15-35)20-11-23-26(24(33)12-20)30(19-4-7-21(31)8-5-19,41-17-29(16-36)9-10-29)34(27(23)37)14-18-3-6-22(32)13-25(18)42(2,39)40/h3-8,11-13,35-36,38H,9-10,14-17H2,1-2H3/t28-,30-/m1/s1. The summed E-state index contributed by atoms with van der Waals surface area (Å²) < 4.78 is 48.4. The number of ether oxygens (including phenoxy) is 1. The molecule has 8 nitrogen and oxygen atoms in total. The highest BCUT2D eigenvalue weighted by molar-refractivity contribution is 7.90. The van der Waals surface area contributed by atoms with Crippen molar-refractivity contribution in [3.05, 3.63) is 98.3 Å². The third-order valence-electron chi connectivity index (χ3n) is 8.09. The molecular formula is C30H30Cl2FNO7S. The lowest BCUT2D eigenvalue weighted by atomic mass is 9.88. The van der Waals surface area contributed by atoms with Gasteiger partial charge >= 0.3 is 0 Å². The fraction of sp³-hybridized carbons (Fsp3) is 0.367. The maximum atomic E-state index is 16.4. The number of fused-ring (bicyclic) bond motifs is 1. The van der Waals surface area contributed by atoms with Crippen LogP contribution in [0.2, 0.25) is 10.0 Å². The Bertz CT molecular complexity index is 1660. The van der Waals surface area contributed by atoms with E-state index in [1.165, 1.54) is 36.1 Å². The number of rotatable bonds is 10. The lowest BCUT2D eigenvalue weighted by molar-refractivity contribution is -0.130. The summed E-state index contributed by atoms with van der Waals surface area (Å²) in [5.41, 5.74) is -4.09. The van der Waals surface area contributed by atoms with Crippen molar-refractivity contribution in [1.29, 1.82) is 0 Å². The van der Waals surface area contributed by atoms with Crippen LogP contribution in [-0.4, -0.2) is 60.6 Å². The van der Waals surface area contributed by atoms with Crippen LogP contribution in [0.25, 0.3) is 0 Å². The summed E-state index contributed by atoms with van der Waals surface area (Å²) in [6.07, 6.45) is 2.35. The van der Waals surface area contributed by atoms with E-state index in [1.54, 1.807) is 24.3 Å². The van der Waals surface area contributed by atoms with Crippen LogP contribution in [0.15, 0.2) is 59.5 Å². The molecule has 3 aromatic carbocycles. The Labute approximate surface area is 253 Å². The van der Waals surface area contributed by atoms with E-state index in [0.717, 1.165) is 12.3 Å². The molecule has 0 spiro atoms. The second-order valence-electron chi connectivity index (χ2n) is 11.3. The molecule has 1 amide bonds. The van der Waals surface area contributed by atoms with Crippen molar-refractivity contribution >= 4 is 38.9 Å². The minimum absolute atomic E-state index is 0.0289. The first-order chi connectivity index (χ1) is 19.7. The molecule has 0 bridgehead atoms. The molecule has 42 heavy (non-hydrogen) atoms. The summed E-state index contributed by atoms with van der Waals surface area (Å²) in [4.78, 5) is 15.4. The topological polar surface area (TPSA) is 124 Å². The first-order valence-electron chi connectivity index (χ1n) is 13.2. The zero-order chi connectivity index (χ0) is 30.7. The summed E-state index contributed by atoms with van der Waals surface area (Å²) in [6.45, 7) is 0.0140. The van der Waals surface area contributed by atoms with Gasteiger partial charge in [-0.25, -0.2) is 12.8 Å². The van der Waals surface area contributed by atoms with Gasteiger partial charge in [-0.05, 0) is 67.3 Å². The monoisotopic (exact) mass is 637 g/mol. The van der Waals surface area contributed by atoms with Gasteiger partial charge in [0.05, 0.1) is 42.4 Å². The number of hydrogen-bond donors (Lipinski definition) is 3. The first kappa shape index (κ1) is 30.9. The van der Waals surface area contributed by atoms with E-state index in [4.69, 9.17) is 27.9 Å². The van der Waals surface area contributed by atoms with Crippen molar-refractivity contribution in [2.24, 2.45) is 5.41 Å². The number of nitrogens with zero attached hydrogens (tertiary/aromatic N) is 1. The molecule has 3 aromatic rings. The summed E-state index contributed by atoms with van der Waals surface area (Å²) >= 11 is 12.3. The molecule has 224 valence electrons. The van der Waals surface area contributed by atoms with Crippen LogP contribution in [0.5, 0.6) is 0 Å². The molecule has 1 aliphatic carbocycles. The highest BCUT2D eigenvalue weighted by Gasteiger charge is 2.56. The Balaban J connectivity index is 1.79. The number of carbonyl (C=O) groups excluding carboxylic acids is 1. The van der Waals surface area contributed by atoms with Crippen LogP contribution in [-0.2, 0) is 32.4 Å². The number of sulfone groups is 1. The molecular weight excluding hydrogens is 608 g/mol. The zero-order valence-electron chi connectivity index (χ0n) is 22.9. The number of aliphatic hydroxyl groups excluding tert-OH is 2. The second kappa shape index (κ2) is 10.9. The van der Waals surface area contributed by atoms with Gasteiger partial charge in [0.1, 0.15) is 11.4 Å². The van der Waals surface area contributed by atoms with Gasteiger partial charge in [-0.3, -0.25) is 9.69 Å². The molecule has 1 fully saturated rings. The van der Waals surface area contributed by atoms with Crippen molar-refractivity contribution < 1.29 is 37.7 Å². The van der Waals surface area contributed by atoms with Gasteiger partial charge in [0.15, 0.2) is 15.6 Å². The van der Waals surface area contributed by atoms with E-state index >= 15 is 4.39 Å². The van der Waals surface area contributed by atoms with Crippen molar-refractivity contribution in [2.45, 2.75) is 42.5 Å². The molecule has 0 aromatic heterocycles. The van der Waals surface area contributed by atoms with Gasteiger partial charge in [-0.1, -0.05) is 41.4 Å². The van der Waals surface area contributed by atoms with Crippen LogP contribution in [0, 0.1) is 11.2 Å². The molecule has 12 heteroatoms. The predicted octanol–water partition coefficient (Wildman–Crippen LogP) is 4.38. The molecule has 0 saturated heterocycles. The minimum atomic E-state index is -3.81. The Hall–Kier alpha value is -2.57. The van der Waals surface area contributed by atoms with Gasteiger partial charge in [0.2, 0.25) is 0 Å². The summed E-state index contributed by atoms with van der Waals surface area (Å²) in [6, 6.07) is 12.9. The summed E-state index contributed by atoms with van der Waals surface area (Å²) in [5, 5.41) is 31.1. The van der Waals surface area contributed by atoms with Gasteiger partial charge in [0.25, 0.3) is 5.91 Å². The fourth-order valence-electron chi connectivity index (χ4n) is 5.29. The number of carbonyl (C=O) groups is 1. The van der Waals surface area contributed by atoms with E-state index in [9.17, 15) is 28.5 Å². The molecule has 2 aliphatic rings. The molecule has 0 unspecified atom stereocenters. The van der Waals surface area contributed by atoms with Gasteiger partial charge in [-0.2, -0.15) is 0 Å². The summed E-state index contributed by atoms with van der Waals surface area (Å²) in [5.74, 6) is -1.58. The quantitative estimate of drug-likeness (QED) is 0.301. The van der Waals surface area contributed by atoms with E-state index in [-0.39, 0.29) is 51.9 Å². The van der Waals surface area contributed by atoms with Crippen LogP contribution in [0.4, 0.5) is 4.39 Å². The zero-order valence-corrected chi connectivity index (χ0v) is 25.2. The Morgan fingerprint density at radius 3 is 2.26 bits per heavy atom. The van der Waals surface area contributed by atoms with Crippen LogP contribution in [0.3, 0.4) is 0 Å². The van der Waals surface area contributed by atoms with Crippen LogP contribution < -0.4 is 0 Å². The van der Waals surface area contributed by atoms with Gasteiger partial charge in [0, 0.05) is 27.3 Å². The van der Waals surface area contributed by atoms with Gasteiger partial charge < -0.3 is 20.1 Å². The maximum absolute atomic E-state index is 16.4. The average Bonchev–Trinajstić information content (AvgIpc) is 3.69. The third kappa shape index (κ3) is 5.34. The molecule has 1 saturated carbocycles. The number of aliphatic hydroxyl groups is 3. The molecule has 2 atom stereocenters. The van der Waals surface area contributed by atoms with Crippen LogP contribution >= 0.6 is 23.2 Å². The third-order valence-corrected chi connectivity index (χ3v) is 9.75. The van der Waals surface area contributed by atoms with E-state index in [1.807, 2.05) is 0 Å². The minimum Gasteiger partial charge on any atom is -0.396 e. The Kier molecular flexibility index (Phi) is 7.98. The second-order valence-corrected chi connectivity index (χ2v) is 14.2. The van der Waals surface area contributed by atoms with E-state index in [0.29, 0.717) is 23.4 Å². The molecule has 1 aliphatic heterocycles. The van der Waals surface area contributed by atoms with E-state index < -0.39 is 44.9 Å². The highest BCUT2D eigenvalue weighted by atomic mass is 35.5. The summed E-state index contributed by atoms with van der Waals surface area (Å²) in [7, 11) is -3.81. The van der Waals surface area contributed by atoms with Gasteiger partial charge in [-0.15, -0.1) is 0 Å². The lowest BCUT2D eigenvalue weighted by Gasteiger charge is -2.40. The van der Waals surface area contributed by atoms with Crippen molar-refractivity contribution in [2.75, 3.05) is 26.1 Å². The largest absolute Gasteiger partial charge is 0.396 e. The van der Waals surface area contributed by atoms with Crippen LogP contribution in [0.1, 0.15) is 52.4 Å². The average molecular weight is 639 g/mol.